The number of ether oxygens (including phenoxy) is 6. The number of hydrogen-bond donors (Lipinski definition) is 12. The average Bonchev–Trinajstić information content (AvgIpc) is 1.60. The molecule has 644 valence electrons. The van der Waals surface area contributed by atoms with Crippen molar-refractivity contribution in [1.82, 2.24) is 69.3 Å². The van der Waals surface area contributed by atoms with Crippen LogP contribution in [-0.4, -0.2) is 251 Å². The second-order valence-electron chi connectivity index (χ2n) is 28.0. The zero-order valence-corrected chi connectivity index (χ0v) is 70.4. The van der Waals surface area contributed by atoms with Crippen molar-refractivity contribution in [3.05, 3.63) is 153 Å². The molecular weight excluding hydrogens is 1590 g/mol. The summed E-state index contributed by atoms with van der Waals surface area (Å²) >= 11 is 7.73. The van der Waals surface area contributed by atoms with Crippen molar-refractivity contribution in [3.63, 3.8) is 0 Å². The minimum atomic E-state index is -0.856. The van der Waals surface area contributed by atoms with Gasteiger partial charge in [0.05, 0.1) is 89.6 Å². The van der Waals surface area contributed by atoms with Gasteiger partial charge in [-0.2, -0.15) is 0 Å². The van der Waals surface area contributed by atoms with Crippen LogP contribution in [0.25, 0.3) is 0 Å². The Morgan fingerprint density at radius 2 is 1.02 bits per heavy atom. The van der Waals surface area contributed by atoms with Crippen molar-refractivity contribution in [3.8, 4) is 5.75 Å². The number of fused-ring (bicyclic) bond motifs is 1. The lowest BCUT2D eigenvalue weighted by molar-refractivity contribution is -0.121. The van der Waals surface area contributed by atoms with E-state index in [2.05, 4.69) is 73.0 Å². The molecule has 1 atom stereocenters. The van der Waals surface area contributed by atoms with Crippen LogP contribution in [0.5, 0.6) is 5.75 Å². The van der Waals surface area contributed by atoms with Crippen LogP contribution in [-0.2, 0) is 78.1 Å². The highest BCUT2D eigenvalue weighted by atomic mass is 35.5. The van der Waals surface area contributed by atoms with Gasteiger partial charge >= 0.3 is 0 Å². The lowest BCUT2D eigenvalue weighted by atomic mass is 9.99. The Labute approximate surface area is 703 Å². The number of aromatic nitrogens is 8. The van der Waals surface area contributed by atoms with Crippen molar-refractivity contribution in [2.24, 2.45) is 40.2 Å². The molecule has 0 bridgehead atoms. The van der Waals surface area contributed by atoms with Crippen molar-refractivity contribution in [2.45, 2.75) is 65.3 Å². The number of aliphatic imine (C=N–C) groups is 1. The van der Waals surface area contributed by atoms with Crippen molar-refractivity contribution >= 4 is 127 Å². The summed E-state index contributed by atoms with van der Waals surface area (Å²) in [6.07, 6.45) is 10.5. The quantitative estimate of drug-likeness (QED) is 0.0124. The van der Waals surface area contributed by atoms with Crippen LogP contribution in [0.2, 0.25) is 5.02 Å². The minimum Gasteiger partial charge on any atom is -0.491 e. The fourth-order valence-electron chi connectivity index (χ4n) is 12.3. The van der Waals surface area contributed by atoms with E-state index in [9.17, 15) is 48.6 Å². The van der Waals surface area contributed by atoms with E-state index in [4.69, 9.17) is 50.4 Å². The summed E-state index contributed by atoms with van der Waals surface area (Å²) in [6.45, 7) is 14.0. The van der Waals surface area contributed by atoms with Gasteiger partial charge in [0, 0.05) is 151 Å². The van der Waals surface area contributed by atoms with Gasteiger partial charge < -0.3 is 109 Å². The molecule has 8 aromatic rings. The van der Waals surface area contributed by atoms with Crippen LogP contribution in [0.1, 0.15) is 120 Å². The molecule has 0 spiro atoms. The van der Waals surface area contributed by atoms with Gasteiger partial charge in [-0.1, -0.05) is 23.7 Å². The predicted octanol–water partition coefficient (Wildman–Crippen LogP) is 5.65. The Kier molecular flexibility index (Phi) is 35.7. The summed E-state index contributed by atoms with van der Waals surface area (Å²) in [4.78, 5) is 139. The van der Waals surface area contributed by atoms with E-state index in [1.165, 1.54) is 66.5 Å². The zero-order chi connectivity index (χ0) is 86.2. The van der Waals surface area contributed by atoms with Gasteiger partial charge in [-0.15, -0.1) is 11.3 Å². The molecule has 9 rings (SSSR count). The van der Waals surface area contributed by atoms with E-state index >= 15 is 0 Å². The molecule has 0 saturated heterocycles. The standard InChI is InChI=1S/C80H106ClN23O15S/c1-51-52(2)120-80-69(51)70(54-12-14-55(81)15-13-54)93-60(71(83)104(80)53(3)82)46-68(108)90-56-16-18-59(19-17-56)119-43-42-118-41-40-117-39-38-116-37-36-115-35-34-114-33-29-84-23-10-30-98(4)31-11-24-85-65(105)20-25-89-77(111)73-96-63(49-102(73)8)94-66(106)21-26-88-76(110)62-45-58(48-101(62)7)92-79(113)74-97-64(50-103(74)9)95-67(107)22-27-87-75(109)61-44-57(47-100(61)6)91-78(112)72-86-28-32-99(72)5/h12-19,28,32,44-45,47-50,60,82-84H,10-11,20-27,29-31,33-43,46H2,1-9H3,(H,85,105)(H,87,109)(H,88,110)(H,89,111)(H,90,108)(H,91,112)(H,92,113)(H,94,106)(H,95,107)/t60-/m0/s1. The average molecular weight is 1700 g/mol. The van der Waals surface area contributed by atoms with Gasteiger partial charge in [0.25, 0.3) is 29.5 Å². The number of benzene rings is 2. The molecule has 40 heteroatoms. The maximum atomic E-state index is 13.5. The Bertz CT molecular complexity index is 4890. The van der Waals surface area contributed by atoms with Crippen LogP contribution >= 0.6 is 22.9 Å². The number of amidine groups is 2. The van der Waals surface area contributed by atoms with Crippen molar-refractivity contribution in [2.75, 3.05) is 164 Å². The largest absolute Gasteiger partial charge is 0.491 e. The molecule has 0 fully saturated rings. The lowest BCUT2D eigenvalue weighted by Gasteiger charge is -2.24. The summed E-state index contributed by atoms with van der Waals surface area (Å²) < 4.78 is 41.4. The van der Waals surface area contributed by atoms with Crippen LogP contribution in [0.4, 0.5) is 33.7 Å². The number of rotatable bonds is 49. The fourth-order valence-corrected chi connectivity index (χ4v) is 13.7. The van der Waals surface area contributed by atoms with Crippen LogP contribution in [0.15, 0.2) is 103 Å². The SMILES string of the molecule is CC(=N)N1C(=N)[C@H](CC(=O)Nc2ccc(OCCOCCOCCOCCOCCOCCNCCCN(C)CCCNC(=O)CCNC(=O)c3nc(NC(=O)CCNC(=O)c4cc(NC(=O)c5nc(NC(=O)CCNC(=O)c6cc(NC(=O)c7nccn7C)cn6C)cn5C)cn4C)cn3C)cc2)N=C(c2ccc(Cl)cc2)c2c1sc(C)c2C. The molecule has 0 unspecified atom stereocenters. The van der Waals surface area contributed by atoms with E-state index in [0.29, 0.717) is 114 Å². The first-order valence-corrected chi connectivity index (χ1v) is 40.3. The first-order chi connectivity index (χ1) is 57.7. The summed E-state index contributed by atoms with van der Waals surface area (Å²) in [5.41, 5.74) is 4.93. The molecule has 6 aromatic heterocycles. The van der Waals surface area contributed by atoms with E-state index < -0.39 is 47.4 Å². The van der Waals surface area contributed by atoms with Crippen LogP contribution < -0.4 is 62.8 Å². The van der Waals surface area contributed by atoms with Gasteiger partial charge in [-0.25, -0.2) is 15.0 Å². The highest BCUT2D eigenvalue weighted by Crippen LogP contribution is 2.40. The Morgan fingerprint density at radius 3 is 1.56 bits per heavy atom. The molecule has 0 saturated carbocycles. The maximum Gasteiger partial charge on any atom is 0.291 e. The van der Waals surface area contributed by atoms with Crippen LogP contribution in [0.3, 0.4) is 0 Å². The third kappa shape index (κ3) is 28.2. The van der Waals surface area contributed by atoms with Gasteiger partial charge in [0.15, 0.2) is 17.5 Å². The molecule has 7 heterocycles. The second kappa shape index (κ2) is 46.5. The highest BCUT2D eigenvalue weighted by Gasteiger charge is 2.35. The topological polar surface area (TPSA) is 459 Å². The Hall–Kier alpha value is -11.8. The molecular formula is C80H106ClN23O15S. The minimum absolute atomic E-state index is 0.0113. The van der Waals surface area contributed by atoms with E-state index in [0.717, 1.165) is 59.0 Å². The second-order valence-corrected chi connectivity index (χ2v) is 29.7. The normalized spacial score (nSPS) is 12.5. The molecule has 38 nitrogen and oxygen atoms in total. The van der Waals surface area contributed by atoms with Crippen molar-refractivity contribution in [1.29, 1.82) is 10.8 Å². The van der Waals surface area contributed by atoms with Crippen molar-refractivity contribution < 1.29 is 71.6 Å². The van der Waals surface area contributed by atoms with E-state index in [1.54, 1.807) is 100 Å². The number of imidazole rings is 3. The first-order valence-electron chi connectivity index (χ1n) is 39.1. The number of aryl methyl sites for hydroxylation is 6. The number of thiophene rings is 1. The molecule has 0 aliphatic carbocycles. The maximum absolute atomic E-state index is 13.5. The van der Waals surface area contributed by atoms with Gasteiger partial charge in [0.1, 0.15) is 46.5 Å². The third-order valence-corrected chi connectivity index (χ3v) is 20.0. The summed E-state index contributed by atoms with van der Waals surface area (Å²) in [7, 11) is 10.1. The summed E-state index contributed by atoms with van der Waals surface area (Å²) in [5, 5.41) is 47.0. The molecule has 0 radical (unpaired) electrons. The Balaban J connectivity index is 0.514. The molecule has 120 heavy (non-hydrogen) atoms. The molecule has 12 N–H and O–H groups in total. The number of carbonyl (C=O) groups is 9. The number of nitrogens with one attached hydrogen (secondary N) is 12. The van der Waals surface area contributed by atoms with Gasteiger partial charge in [-0.3, -0.25) is 63.9 Å². The molecule has 2 aromatic carbocycles. The fraction of sp³-hybridized carbons (Fsp3) is 0.438. The number of nitrogens with zero attached hydrogens (tertiary/aromatic N) is 11. The zero-order valence-electron chi connectivity index (χ0n) is 68.8. The smallest absolute Gasteiger partial charge is 0.291 e. The highest BCUT2D eigenvalue weighted by molar-refractivity contribution is 7.17. The number of hydrogen-bond acceptors (Lipinski definition) is 24. The number of anilines is 6. The summed E-state index contributed by atoms with van der Waals surface area (Å²) in [6, 6.07) is 16.4. The Morgan fingerprint density at radius 1 is 0.525 bits per heavy atom. The summed E-state index contributed by atoms with van der Waals surface area (Å²) in [5.74, 6) is -2.96. The number of carbonyl (C=O) groups excluding carboxylic acids is 9. The molecule has 1 aliphatic heterocycles. The predicted molar refractivity (Wildman–Crippen MR) is 455 cm³/mol. The van der Waals surface area contributed by atoms with Crippen LogP contribution in [0, 0.1) is 24.7 Å². The van der Waals surface area contributed by atoms with E-state index in [-0.39, 0.29) is 115 Å². The monoisotopic (exact) mass is 1700 g/mol. The lowest BCUT2D eigenvalue weighted by Crippen LogP contribution is -2.41. The number of halogens is 1. The van der Waals surface area contributed by atoms with Gasteiger partial charge in [-0.05, 0) is 114 Å². The third-order valence-electron chi connectivity index (χ3n) is 18.6. The first kappa shape index (κ1) is 92.1. The molecule has 1 aliphatic rings. The molecule has 9 amide bonds. The van der Waals surface area contributed by atoms with E-state index in [1.807, 2.05) is 33.0 Å². The van der Waals surface area contributed by atoms with Gasteiger partial charge in [0.2, 0.25) is 35.3 Å². The number of amides is 9.